The van der Waals surface area contributed by atoms with Gasteiger partial charge in [0, 0.05) is 24.7 Å². The summed E-state index contributed by atoms with van der Waals surface area (Å²) >= 11 is 5.80. The van der Waals surface area contributed by atoms with E-state index in [4.69, 9.17) is 17.4 Å². The lowest BCUT2D eigenvalue weighted by Gasteiger charge is -2.15. The number of aromatic nitrogens is 2. The van der Waals surface area contributed by atoms with Crippen molar-refractivity contribution in [2.75, 3.05) is 0 Å². The van der Waals surface area contributed by atoms with Crippen molar-refractivity contribution in [2.45, 2.75) is 38.8 Å². The molecule has 0 amide bonds. The minimum atomic E-state index is -0.382. The van der Waals surface area contributed by atoms with E-state index in [-0.39, 0.29) is 16.9 Å². The Morgan fingerprint density at radius 1 is 1.33 bits per heavy atom. The molecular weight excluding hydrogens is 291 g/mol. The van der Waals surface area contributed by atoms with Crippen LogP contribution in [0.15, 0.2) is 30.5 Å². The van der Waals surface area contributed by atoms with E-state index in [9.17, 15) is 4.39 Å². The summed E-state index contributed by atoms with van der Waals surface area (Å²) < 4.78 is 15.8. The maximum absolute atomic E-state index is 13.9. The zero-order valence-electron chi connectivity index (χ0n) is 12.2. The Morgan fingerprint density at radius 2 is 2.10 bits per heavy atom. The first-order chi connectivity index (χ1) is 10.0. The highest BCUT2D eigenvalue weighted by atomic mass is 35.5. The molecule has 2 rings (SSSR count). The molecule has 6 heteroatoms. The van der Waals surface area contributed by atoms with Crippen LogP contribution in [-0.4, -0.2) is 15.8 Å². The lowest BCUT2D eigenvalue weighted by Crippen LogP contribution is -2.38. The van der Waals surface area contributed by atoms with Crippen molar-refractivity contribution < 1.29 is 4.39 Å². The van der Waals surface area contributed by atoms with Gasteiger partial charge in [-0.2, -0.15) is 5.10 Å². The Hall–Kier alpha value is -1.43. The van der Waals surface area contributed by atoms with Gasteiger partial charge in [-0.25, -0.2) is 4.39 Å². The van der Waals surface area contributed by atoms with Crippen LogP contribution in [0.3, 0.4) is 0 Å². The summed E-state index contributed by atoms with van der Waals surface area (Å²) in [6.07, 6.45) is 3.02. The molecule has 0 aliphatic rings. The molecule has 114 valence electrons. The normalized spacial score (nSPS) is 12.9. The minimum Gasteiger partial charge on any atom is -0.271 e. The molecule has 0 saturated heterocycles. The Morgan fingerprint density at radius 3 is 2.71 bits per heavy atom. The number of rotatable bonds is 6. The third kappa shape index (κ3) is 4.03. The number of nitrogens with two attached hydrogens (primary N) is 1. The van der Waals surface area contributed by atoms with Crippen LogP contribution >= 0.6 is 11.6 Å². The van der Waals surface area contributed by atoms with Crippen LogP contribution in [0.2, 0.25) is 5.02 Å². The smallest absolute Gasteiger partial charge is 0.145 e. The third-order valence-corrected chi connectivity index (χ3v) is 3.67. The largest absolute Gasteiger partial charge is 0.271 e. The molecular formula is C15H20ClFN4. The molecule has 4 nitrogen and oxygen atoms in total. The van der Waals surface area contributed by atoms with E-state index in [2.05, 4.69) is 24.4 Å². The van der Waals surface area contributed by atoms with Gasteiger partial charge in [-0.05, 0) is 38.0 Å². The summed E-state index contributed by atoms with van der Waals surface area (Å²) in [4.78, 5) is 0. The molecule has 1 heterocycles. The third-order valence-electron chi connectivity index (χ3n) is 3.38. The SMILES string of the molecule is CC(C)n1ccc(CC(Cc2cccc(Cl)c2F)NN)n1. The zero-order valence-corrected chi connectivity index (χ0v) is 12.9. The number of nitrogens with one attached hydrogen (secondary N) is 1. The second-order valence-corrected chi connectivity index (χ2v) is 5.77. The van der Waals surface area contributed by atoms with Crippen LogP contribution in [0.25, 0.3) is 0 Å². The standard InChI is InChI=1S/C15H20ClFN4/c1-10(2)21-7-6-12(20-21)9-13(19-18)8-11-4-3-5-14(16)15(11)17/h3-7,10,13,19H,8-9,18H2,1-2H3. The number of hydrogen-bond acceptors (Lipinski definition) is 3. The van der Waals surface area contributed by atoms with Crippen LogP contribution in [0.1, 0.15) is 31.1 Å². The van der Waals surface area contributed by atoms with Crippen molar-refractivity contribution in [3.63, 3.8) is 0 Å². The van der Waals surface area contributed by atoms with E-state index in [1.165, 1.54) is 6.07 Å². The molecule has 0 spiro atoms. The van der Waals surface area contributed by atoms with Gasteiger partial charge in [0.25, 0.3) is 0 Å². The summed E-state index contributed by atoms with van der Waals surface area (Å²) in [6, 6.07) is 7.16. The van der Waals surface area contributed by atoms with Crippen LogP contribution in [-0.2, 0) is 12.8 Å². The van der Waals surface area contributed by atoms with E-state index >= 15 is 0 Å². The molecule has 0 aliphatic heterocycles. The van der Waals surface area contributed by atoms with Crippen molar-refractivity contribution in [1.29, 1.82) is 0 Å². The molecule has 1 unspecified atom stereocenters. The van der Waals surface area contributed by atoms with Crippen molar-refractivity contribution in [2.24, 2.45) is 5.84 Å². The van der Waals surface area contributed by atoms with E-state index < -0.39 is 0 Å². The molecule has 2 aromatic rings. The molecule has 1 aromatic carbocycles. The summed E-state index contributed by atoms with van der Waals surface area (Å²) in [6.45, 7) is 4.13. The van der Waals surface area contributed by atoms with Gasteiger partial charge in [-0.15, -0.1) is 0 Å². The van der Waals surface area contributed by atoms with Gasteiger partial charge in [0.2, 0.25) is 0 Å². The van der Waals surface area contributed by atoms with Gasteiger partial charge in [-0.1, -0.05) is 23.7 Å². The quantitative estimate of drug-likeness (QED) is 0.637. The van der Waals surface area contributed by atoms with E-state index in [0.29, 0.717) is 24.4 Å². The highest BCUT2D eigenvalue weighted by molar-refractivity contribution is 6.30. The summed E-state index contributed by atoms with van der Waals surface area (Å²) in [7, 11) is 0. The highest BCUT2D eigenvalue weighted by Crippen LogP contribution is 2.19. The molecule has 3 N–H and O–H groups in total. The van der Waals surface area contributed by atoms with Crippen molar-refractivity contribution in [3.05, 3.63) is 52.6 Å². The number of benzene rings is 1. The Bertz CT molecular complexity index is 597. The Balaban J connectivity index is 2.07. The van der Waals surface area contributed by atoms with Gasteiger partial charge in [0.15, 0.2) is 0 Å². The van der Waals surface area contributed by atoms with Gasteiger partial charge in [0.1, 0.15) is 5.82 Å². The van der Waals surface area contributed by atoms with Crippen LogP contribution in [0, 0.1) is 5.82 Å². The first-order valence-electron chi connectivity index (χ1n) is 6.94. The lowest BCUT2D eigenvalue weighted by molar-refractivity contribution is 0.487. The van der Waals surface area contributed by atoms with Gasteiger partial charge >= 0.3 is 0 Å². The topological polar surface area (TPSA) is 55.9 Å². The number of hydrogen-bond donors (Lipinski definition) is 2. The fourth-order valence-corrected chi connectivity index (χ4v) is 2.38. The zero-order chi connectivity index (χ0) is 15.4. The van der Waals surface area contributed by atoms with E-state index in [1.807, 2.05) is 16.9 Å². The fraction of sp³-hybridized carbons (Fsp3) is 0.400. The highest BCUT2D eigenvalue weighted by Gasteiger charge is 2.15. The molecule has 0 saturated carbocycles. The van der Waals surface area contributed by atoms with E-state index in [0.717, 1.165) is 5.69 Å². The molecule has 1 atom stereocenters. The Labute approximate surface area is 129 Å². The van der Waals surface area contributed by atoms with Gasteiger partial charge < -0.3 is 0 Å². The van der Waals surface area contributed by atoms with Crippen molar-refractivity contribution >= 4 is 11.6 Å². The number of nitrogens with zero attached hydrogens (tertiary/aromatic N) is 2. The molecule has 0 aliphatic carbocycles. The average Bonchev–Trinajstić information content (AvgIpc) is 2.91. The monoisotopic (exact) mass is 310 g/mol. The maximum atomic E-state index is 13.9. The van der Waals surface area contributed by atoms with Gasteiger partial charge in [-0.3, -0.25) is 16.0 Å². The second kappa shape index (κ2) is 7.02. The van der Waals surface area contributed by atoms with Crippen LogP contribution in [0.4, 0.5) is 4.39 Å². The minimum absolute atomic E-state index is 0.103. The predicted molar refractivity (Wildman–Crippen MR) is 82.5 cm³/mol. The van der Waals surface area contributed by atoms with Crippen molar-refractivity contribution in [3.8, 4) is 0 Å². The molecule has 1 aromatic heterocycles. The molecule has 0 radical (unpaired) electrons. The lowest BCUT2D eigenvalue weighted by atomic mass is 10.0. The molecule has 0 bridgehead atoms. The molecule has 21 heavy (non-hydrogen) atoms. The molecule has 0 fully saturated rings. The van der Waals surface area contributed by atoms with Crippen molar-refractivity contribution in [1.82, 2.24) is 15.2 Å². The predicted octanol–water partition coefficient (Wildman–Crippen LogP) is 2.87. The summed E-state index contributed by atoms with van der Waals surface area (Å²) in [5.74, 6) is 5.20. The van der Waals surface area contributed by atoms with Crippen LogP contribution < -0.4 is 11.3 Å². The first-order valence-corrected chi connectivity index (χ1v) is 7.32. The first kappa shape index (κ1) is 15.9. The fourth-order valence-electron chi connectivity index (χ4n) is 2.19. The maximum Gasteiger partial charge on any atom is 0.145 e. The summed E-state index contributed by atoms with van der Waals surface area (Å²) in [5.41, 5.74) is 4.20. The van der Waals surface area contributed by atoms with Crippen LogP contribution in [0.5, 0.6) is 0 Å². The average molecular weight is 311 g/mol. The summed E-state index contributed by atoms with van der Waals surface area (Å²) in [5, 5.41) is 4.61. The van der Waals surface area contributed by atoms with Gasteiger partial charge in [0.05, 0.1) is 10.7 Å². The second-order valence-electron chi connectivity index (χ2n) is 5.37. The number of hydrazine groups is 1. The Kier molecular flexibility index (Phi) is 5.33. The van der Waals surface area contributed by atoms with E-state index in [1.54, 1.807) is 12.1 Å². The number of halogens is 2.